The number of hydrogen-bond donors (Lipinski definition) is 2. The Bertz CT molecular complexity index is 658. The van der Waals surface area contributed by atoms with Crippen LogP contribution >= 0.6 is 0 Å². The second-order valence-corrected chi connectivity index (χ2v) is 5.55. The highest BCUT2D eigenvalue weighted by Gasteiger charge is 2.37. The number of imidazole rings is 1. The van der Waals surface area contributed by atoms with Gasteiger partial charge in [0.2, 0.25) is 5.95 Å². The molecule has 1 aliphatic heterocycles. The van der Waals surface area contributed by atoms with E-state index in [0.717, 1.165) is 0 Å². The standard InChI is InChI=1S/C14H18N6O2/c1-19-7-11(18-10-19)12(21)17-8-14(22)3-6-20(9-14)13-15-4-2-5-16-13/h2,4-5,7,10,22H,3,6,8-9H2,1H3,(H,17,21). The first-order valence-corrected chi connectivity index (χ1v) is 7.06. The first-order chi connectivity index (χ1) is 10.6. The number of rotatable bonds is 4. The van der Waals surface area contributed by atoms with Crippen molar-refractivity contribution in [3.8, 4) is 0 Å². The number of aromatic nitrogens is 4. The molecular formula is C14H18N6O2. The number of hydrogen-bond acceptors (Lipinski definition) is 6. The number of nitrogens with zero attached hydrogens (tertiary/aromatic N) is 5. The first-order valence-electron chi connectivity index (χ1n) is 7.06. The van der Waals surface area contributed by atoms with Crippen LogP contribution in [0.25, 0.3) is 0 Å². The predicted molar refractivity (Wildman–Crippen MR) is 79.4 cm³/mol. The molecule has 2 aromatic heterocycles. The van der Waals surface area contributed by atoms with Crippen molar-refractivity contribution in [3.63, 3.8) is 0 Å². The summed E-state index contributed by atoms with van der Waals surface area (Å²) < 4.78 is 1.70. The molecule has 0 bridgehead atoms. The van der Waals surface area contributed by atoms with Crippen LogP contribution < -0.4 is 10.2 Å². The van der Waals surface area contributed by atoms with Crippen molar-refractivity contribution in [1.82, 2.24) is 24.8 Å². The van der Waals surface area contributed by atoms with Crippen LogP contribution in [0.2, 0.25) is 0 Å². The van der Waals surface area contributed by atoms with Gasteiger partial charge in [-0.15, -0.1) is 0 Å². The molecule has 116 valence electrons. The minimum Gasteiger partial charge on any atom is -0.386 e. The molecule has 1 aliphatic rings. The third kappa shape index (κ3) is 3.06. The number of amides is 1. The Kier molecular flexibility index (Phi) is 3.76. The third-order valence-corrected chi connectivity index (χ3v) is 3.68. The molecule has 2 aromatic rings. The summed E-state index contributed by atoms with van der Waals surface area (Å²) in [4.78, 5) is 26.2. The summed E-state index contributed by atoms with van der Waals surface area (Å²) in [6, 6.07) is 1.75. The van der Waals surface area contributed by atoms with Gasteiger partial charge in [0, 0.05) is 38.7 Å². The number of carbonyl (C=O) groups is 1. The molecule has 0 aliphatic carbocycles. The maximum absolute atomic E-state index is 12.0. The van der Waals surface area contributed by atoms with E-state index < -0.39 is 5.60 Å². The lowest BCUT2D eigenvalue weighted by Gasteiger charge is -2.23. The summed E-state index contributed by atoms with van der Waals surface area (Å²) in [6.45, 7) is 1.21. The van der Waals surface area contributed by atoms with Crippen molar-refractivity contribution in [1.29, 1.82) is 0 Å². The molecule has 1 fully saturated rings. The van der Waals surface area contributed by atoms with Crippen molar-refractivity contribution in [2.75, 3.05) is 24.5 Å². The monoisotopic (exact) mass is 302 g/mol. The van der Waals surface area contributed by atoms with Gasteiger partial charge >= 0.3 is 0 Å². The minimum absolute atomic E-state index is 0.172. The summed E-state index contributed by atoms with van der Waals surface area (Å²) in [5.41, 5.74) is -0.642. The van der Waals surface area contributed by atoms with Crippen LogP contribution in [0.1, 0.15) is 16.9 Å². The molecule has 0 saturated carbocycles. The molecule has 1 atom stereocenters. The van der Waals surface area contributed by atoms with E-state index >= 15 is 0 Å². The van der Waals surface area contributed by atoms with E-state index in [1.165, 1.54) is 0 Å². The van der Waals surface area contributed by atoms with Gasteiger partial charge in [-0.2, -0.15) is 0 Å². The summed E-state index contributed by atoms with van der Waals surface area (Å²) >= 11 is 0. The normalized spacial score (nSPS) is 21.1. The maximum Gasteiger partial charge on any atom is 0.271 e. The maximum atomic E-state index is 12.0. The average molecular weight is 302 g/mol. The lowest BCUT2D eigenvalue weighted by Crippen LogP contribution is -2.45. The van der Waals surface area contributed by atoms with Crippen LogP contribution in [0.15, 0.2) is 31.0 Å². The van der Waals surface area contributed by atoms with Gasteiger partial charge < -0.3 is 19.9 Å². The molecule has 0 radical (unpaired) electrons. The zero-order valence-electron chi connectivity index (χ0n) is 12.3. The summed E-state index contributed by atoms with van der Waals surface area (Å²) in [5.74, 6) is 0.304. The van der Waals surface area contributed by atoms with Gasteiger partial charge in [0.15, 0.2) is 0 Å². The smallest absolute Gasteiger partial charge is 0.271 e. The molecular weight excluding hydrogens is 284 g/mol. The molecule has 0 spiro atoms. The second kappa shape index (κ2) is 5.72. The Balaban J connectivity index is 1.58. The minimum atomic E-state index is -0.982. The van der Waals surface area contributed by atoms with Crippen molar-refractivity contribution in [3.05, 3.63) is 36.7 Å². The van der Waals surface area contributed by atoms with Gasteiger partial charge in [0.25, 0.3) is 5.91 Å². The molecule has 8 heteroatoms. The van der Waals surface area contributed by atoms with Gasteiger partial charge in [-0.3, -0.25) is 4.79 Å². The van der Waals surface area contributed by atoms with Crippen LogP contribution in [0.3, 0.4) is 0 Å². The Hall–Kier alpha value is -2.48. The van der Waals surface area contributed by atoms with Gasteiger partial charge in [0.05, 0.1) is 12.9 Å². The molecule has 3 rings (SSSR count). The predicted octanol–water partition coefficient (Wildman–Crippen LogP) is -0.419. The van der Waals surface area contributed by atoms with Crippen LogP contribution in [0.4, 0.5) is 5.95 Å². The highest BCUT2D eigenvalue weighted by Crippen LogP contribution is 2.23. The molecule has 1 unspecified atom stereocenters. The van der Waals surface area contributed by atoms with Crippen molar-refractivity contribution >= 4 is 11.9 Å². The number of nitrogens with one attached hydrogen (secondary N) is 1. The van der Waals surface area contributed by atoms with E-state index in [0.29, 0.717) is 31.2 Å². The van der Waals surface area contributed by atoms with Gasteiger partial charge in [-0.1, -0.05) is 0 Å². The van der Waals surface area contributed by atoms with E-state index in [2.05, 4.69) is 20.3 Å². The average Bonchev–Trinajstić information content (AvgIpc) is 3.13. The van der Waals surface area contributed by atoms with Crippen molar-refractivity contribution < 1.29 is 9.90 Å². The fourth-order valence-electron chi connectivity index (χ4n) is 2.49. The number of β-amino-alcohol motifs (C(OH)–C–C–N with tert-alkyl or cyclic N) is 1. The number of aliphatic hydroxyl groups is 1. The topological polar surface area (TPSA) is 96.2 Å². The number of anilines is 1. The van der Waals surface area contributed by atoms with E-state index in [9.17, 15) is 9.90 Å². The largest absolute Gasteiger partial charge is 0.386 e. The molecule has 3 heterocycles. The Labute approximate surface area is 127 Å². The molecule has 0 aromatic carbocycles. The third-order valence-electron chi connectivity index (χ3n) is 3.68. The Morgan fingerprint density at radius 2 is 2.18 bits per heavy atom. The Morgan fingerprint density at radius 1 is 1.41 bits per heavy atom. The fourth-order valence-corrected chi connectivity index (χ4v) is 2.49. The van der Waals surface area contributed by atoms with E-state index in [1.54, 1.807) is 42.6 Å². The van der Waals surface area contributed by atoms with E-state index in [1.807, 2.05) is 4.90 Å². The first kappa shape index (κ1) is 14.5. The lowest BCUT2D eigenvalue weighted by molar-refractivity contribution is 0.0574. The molecule has 22 heavy (non-hydrogen) atoms. The van der Waals surface area contributed by atoms with Crippen molar-refractivity contribution in [2.45, 2.75) is 12.0 Å². The van der Waals surface area contributed by atoms with E-state index in [-0.39, 0.29) is 12.5 Å². The van der Waals surface area contributed by atoms with Crippen LogP contribution in [-0.4, -0.2) is 55.8 Å². The zero-order chi connectivity index (χ0) is 15.6. The lowest BCUT2D eigenvalue weighted by atomic mass is 10.0. The molecule has 1 amide bonds. The van der Waals surface area contributed by atoms with Crippen molar-refractivity contribution in [2.24, 2.45) is 7.05 Å². The number of aryl methyl sites for hydroxylation is 1. The second-order valence-electron chi connectivity index (χ2n) is 5.55. The summed E-state index contributed by atoms with van der Waals surface area (Å²) in [5, 5.41) is 13.3. The van der Waals surface area contributed by atoms with E-state index in [4.69, 9.17) is 0 Å². The molecule has 2 N–H and O–H groups in total. The number of carbonyl (C=O) groups excluding carboxylic acids is 1. The zero-order valence-corrected chi connectivity index (χ0v) is 12.3. The quantitative estimate of drug-likeness (QED) is 0.796. The Morgan fingerprint density at radius 3 is 2.86 bits per heavy atom. The van der Waals surface area contributed by atoms with Gasteiger partial charge in [-0.05, 0) is 12.5 Å². The summed E-state index contributed by atoms with van der Waals surface area (Å²) in [7, 11) is 1.80. The summed E-state index contributed by atoms with van der Waals surface area (Å²) in [6.07, 6.45) is 7.09. The fraction of sp³-hybridized carbons (Fsp3) is 0.429. The van der Waals surface area contributed by atoms with Crippen LogP contribution in [0, 0.1) is 0 Å². The highest BCUT2D eigenvalue weighted by molar-refractivity contribution is 5.92. The van der Waals surface area contributed by atoms with Gasteiger partial charge in [-0.25, -0.2) is 15.0 Å². The molecule has 1 saturated heterocycles. The highest BCUT2D eigenvalue weighted by atomic mass is 16.3. The SMILES string of the molecule is Cn1cnc(C(=O)NCC2(O)CCN(c3ncccn3)C2)c1. The van der Waals surface area contributed by atoms with Crippen LogP contribution in [-0.2, 0) is 7.05 Å². The van der Waals surface area contributed by atoms with Gasteiger partial charge in [0.1, 0.15) is 11.3 Å². The van der Waals surface area contributed by atoms with Crippen LogP contribution in [0.5, 0.6) is 0 Å². The molecule has 8 nitrogen and oxygen atoms in total.